The molecule has 4 heteroatoms. The van der Waals surface area contributed by atoms with E-state index >= 15 is 0 Å². The highest BCUT2D eigenvalue weighted by atomic mass is 16.7. The average molecular weight is 252 g/mol. The Morgan fingerprint density at radius 1 is 1.39 bits per heavy atom. The van der Waals surface area contributed by atoms with E-state index in [1.807, 2.05) is 6.92 Å². The zero-order chi connectivity index (χ0) is 12.5. The molecule has 100 valence electrons. The van der Waals surface area contributed by atoms with Crippen LogP contribution in [0.5, 0.6) is 0 Å². The molecule has 3 rings (SSSR count). The lowest BCUT2D eigenvalue weighted by molar-refractivity contribution is -0.148. The molecule has 2 bridgehead atoms. The van der Waals surface area contributed by atoms with Crippen molar-refractivity contribution >= 4 is 5.97 Å². The maximum absolute atomic E-state index is 11.8. The summed E-state index contributed by atoms with van der Waals surface area (Å²) in [6, 6.07) is 0. The molecule has 0 spiro atoms. The summed E-state index contributed by atoms with van der Waals surface area (Å²) in [6.45, 7) is 3.75. The number of fused-ring (bicyclic) bond motifs is 2. The van der Waals surface area contributed by atoms with Crippen LogP contribution in [-0.2, 0) is 19.0 Å². The van der Waals surface area contributed by atoms with Gasteiger partial charge >= 0.3 is 5.97 Å². The van der Waals surface area contributed by atoms with Gasteiger partial charge in [0, 0.05) is 6.42 Å². The van der Waals surface area contributed by atoms with Gasteiger partial charge in [-0.1, -0.05) is 11.6 Å². The van der Waals surface area contributed by atoms with Gasteiger partial charge in [0.1, 0.15) is 0 Å². The minimum absolute atomic E-state index is 0.0198. The molecule has 0 radical (unpaired) electrons. The van der Waals surface area contributed by atoms with Crippen LogP contribution in [0, 0.1) is 17.8 Å². The van der Waals surface area contributed by atoms with Gasteiger partial charge in [0.2, 0.25) is 0 Å². The molecule has 0 unspecified atom stereocenters. The van der Waals surface area contributed by atoms with Crippen molar-refractivity contribution in [3.05, 3.63) is 11.6 Å². The van der Waals surface area contributed by atoms with Crippen LogP contribution in [0.1, 0.15) is 26.2 Å². The summed E-state index contributed by atoms with van der Waals surface area (Å²) in [4.78, 5) is 11.8. The minimum atomic E-state index is -0.0587. The van der Waals surface area contributed by atoms with E-state index in [0.717, 1.165) is 19.3 Å². The summed E-state index contributed by atoms with van der Waals surface area (Å²) in [5, 5.41) is 0. The number of esters is 1. The van der Waals surface area contributed by atoms with Gasteiger partial charge in [-0.25, -0.2) is 0 Å². The molecule has 1 heterocycles. The average Bonchev–Trinajstić information content (AvgIpc) is 3.04. The number of hydrogen-bond donors (Lipinski definition) is 0. The van der Waals surface area contributed by atoms with Crippen molar-refractivity contribution in [1.82, 2.24) is 0 Å². The molecule has 0 amide bonds. The lowest BCUT2D eigenvalue weighted by Crippen LogP contribution is -2.23. The summed E-state index contributed by atoms with van der Waals surface area (Å²) in [6.07, 6.45) is 5.13. The molecule has 0 aromatic rings. The Labute approximate surface area is 107 Å². The maximum atomic E-state index is 11.8. The van der Waals surface area contributed by atoms with Crippen LogP contribution in [0.4, 0.5) is 0 Å². The lowest BCUT2D eigenvalue weighted by atomic mass is 9.88. The van der Waals surface area contributed by atoms with Gasteiger partial charge in [0.25, 0.3) is 0 Å². The fraction of sp³-hybridized carbons (Fsp3) is 0.786. The summed E-state index contributed by atoms with van der Waals surface area (Å²) >= 11 is 0. The van der Waals surface area contributed by atoms with E-state index in [2.05, 4.69) is 6.08 Å². The van der Waals surface area contributed by atoms with Gasteiger partial charge in [-0.2, -0.15) is 0 Å². The highest BCUT2D eigenvalue weighted by Crippen LogP contribution is 2.49. The third-order valence-corrected chi connectivity index (χ3v) is 4.25. The van der Waals surface area contributed by atoms with Crippen molar-refractivity contribution in [2.45, 2.75) is 32.5 Å². The molecule has 1 saturated carbocycles. The van der Waals surface area contributed by atoms with Crippen molar-refractivity contribution < 1.29 is 19.0 Å². The van der Waals surface area contributed by atoms with Crippen molar-refractivity contribution in [3.8, 4) is 0 Å². The topological polar surface area (TPSA) is 44.8 Å². The second-order valence-corrected chi connectivity index (χ2v) is 5.31. The Hall–Kier alpha value is -0.870. The Balaban J connectivity index is 1.59. The molecule has 18 heavy (non-hydrogen) atoms. The normalized spacial score (nSPS) is 34.9. The van der Waals surface area contributed by atoms with Crippen LogP contribution < -0.4 is 0 Å². The maximum Gasteiger partial charge on any atom is 0.309 e. The molecule has 0 N–H and O–H groups in total. The quantitative estimate of drug-likeness (QED) is 0.566. The van der Waals surface area contributed by atoms with Gasteiger partial charge in [-0.05, 0) is 31.6 Å². The van der Waals surface area contributed by atoms with Gasteiger partial charge in [0.05, 0.1) is 25.7 Å². The van der Waals surface area contributed by atoms with Crippen LogP contribution in [0.15, 0.2) is 11.6 Å². The molecule has 3 aliphatic rings. The Kier molecular flexibility index (Phi) is 3.39. The van der Waals surface area contributed by atoms with Gasteiger partial charge in [0.15, 0.2) is 6.29 Å². The summed E-state index contributed by atoms with van der Waals surface area (Å²) in [5.41, 5.74) is 1.42. The van der Waals surface area contributed by atoms with E-state index in [-0.39, 0.29) is 18.2 Å². The zero-order valence-electron chi connectivity index (χ0n) is 10.8. The monoisotopic (exact) mass is 252 g/mol. The van der Waals surface area contributed by atoms with E-state index < -0.39 is 0 Å². The van der Waals surface area contributed by atoms with Crippen LogP contribution in [0.3, 0.4) is 0 Å². The Morgan fingerprint density at radius 2 is 2.17 bits per heavy atom. The van der Waals surface area contributed by atoms with Gasteiger partial charge < -0.3 is 14.2 Å². The van der Waals surface area contributed by atoms with Crippen molar-refractivity contribution in [2.75, 3.05) is 19.8 Å². The molecule has 4 nitrogen and oxygen atoms in total. The zero-order valence-corrected chi connectivity index (χ0v) is 10.8. The second kappa shape index (κ2) is 5.02. The van der Waals surface area contributed by atoms with E-state index in [1.165, 1.54) is 5.57 Å². The largest absolute Gasteiger partial charge is 0.466 e. The standard InChI is InChI=1S/C14H20O4/c1-2-16-14(15)12-7-9-5-11(12)6-10(9)8-13-17-3-4-18-13/h6,9,11-13H,2-5,7-8H2,1H3/t9-,11-,12-/m1/s1. The summed E-state index contributed by atoms with van der Waals surface area (Å²) in [5.74, 6) is 0.987. The van der Waals surface area contributed by atoms with Crippen molar-refractivity contribution in [1.29, 1.82) is 0 Å². The molecule has 2 aliphatic carbocycles. The van der Waals surface area contributed by atoms with E-state index in [9.17, 15) is 4.79 Å². The number of ether oxygens (including phenoxy) is 3. The van der Waals surface area contributed by atoms with Crippen LogP contribution >= 0.6 is 0 Å². The molecule has 3 atom stereocenters. The molecule has 0 aromatic heterocycles. The molecular weight excluding hydrogens is 232 g/mol. The summed E-state index contributed by atoms with van der Waals surface area (Å²) < 4.78 is 16.1. The molecule has 1 aliphatic heterocycles. The Bertz CT molecular complexity index is 357. The molecular formula is C14H20O4. The summed E-state index contributed by atoms with van der Waals surface area (Å²) in [7, 11) is 0. The predicted molar refractivity (Wildman–Crippen MR) is 64.7 cm³/mol. The first-order chi connectivity index (χ1) is 8.78. The van der Waals surface area contributed by atoms with Crippen LogP contribution in [0.25, 0.3) is 0 Å². The number of carbonyl (C=O) groups is 1. The van der Waals surface area contributed by atoms with E-state index in [0.29, 0.717) is 31.7 Å². The highest BCUT2D eigenvalue weighted by Gasteiger charge is 2.44. The number of rotatable bonds is 4. The fourth-order valence-electron chi connectivity index (χ4n) is 3.44. The fourth-order valence-corrected chi connectivity index (χ4v) is 3.44. The predicted octanol–water partition coefficient (Wildman–Crippen LogP) is 1.89. The first-order valence-electron chi connectivity index (χ1n) is 6.88. The molecule has 0 aromatic carbocycles. The van der Waals surface area contributed by atoms with Crippen molar-refractivity contribution in [3.63, 3.8) is 0 Å². The number of carbonyl (C=O) groups excluding carboxylic acids is 1. The lowest BCUT2D eigenvalue weighted by Gasteiger charge is -2.21. The van der Waals surface area contributed by atoms with E-state index in [4.69, 9.17) is 14.2 Å². The van der Waals surface area contributed by atoms with Crippen LogP contribution in [-0.4, -0.2) is 32.1 Å². The second-order valence-electron chi connectivity index (χ2n) is 5.31. The van der Waals surface area contributed by atoms with E-state index in [1.54, 1.807) is 0 Å². The first kappa shape index (κ1) is 12.2. The van der Waals surface area contributed by atoms with Gasteiger partial charge in [-0.15, -0.1) is 0 Å². The van der Waals surface area contributed by atoms with Gasteiger partial charge in [-0.3, -0.25) is 4.79 Å². The van der Waals surface area contributed by atoms with Crippen molar-refractivity contribution in [2.24, 2.45) is 17.8 Å². The molecule has 2 fully saturated rings. The Morgan fingerprint density at radius 3 is 2.78 bits per heavy atom. The third-order valence-electron chi connectivity index (χ3n) is 4.25. The SMILES string of the molecule is CCOC(=O)[C@@H]1C[C@H]2C[C@@H]1C=C2CC1OCCO1. The third kappa shape index (κ3) is 2.19. The first-order valence-corrected chi connectivity index (χ1v) is 6.88. The minimum Gasteiger partial charge on any atom is -0.466 e. The number of hydrogen-bond acceptors (Lipinski definition) is 4. The number of allylic oxidation sites excluding steroid dienone is 1. The highest BCUT2D eigenvalue weighted by molar-refractivity contribution is 5.74. The van der Waals surface area contributed by atoms with Crippen LogP contribution in [0.2, 0.25) is 0 Å². The smallest absolute Gasteiger partial charge is 0.309 e. The molecule has 1 saturated heterocycles.